The molecule has 0 fully saturated rings. The molecule has 0 aromatic heterocycles. The fraction of sp³-hybridized carbons (Fsp3) is 0.182. The fourth-order valence-electron chi connectivity index (χ4n) is 1.17. The van der Waals surface area contributed by atoms with Crippen LogP contribution in [-0.2, 0) is 0 Å². The third-order valence-corrected chi connectivity index (χ3v) is 1.96. The van der Waals surface area contributed by atoms with E-state index in [0.717, 1.165) is 5.56 Å². The lowest BCUT2D eigenvalue weighted by atomic mass is 10.2. The molecule has 0 atom stereocenters. The minimum atomic E-state index is -0.0535. The zero-order chi connectivity index (χ0) is 13.4. The second kappa shape index (κ2) is 7.09. The van der Waals surface area contributed by atoms with Gasteiger partial charge in [-0.2, -0.15) is 10.4 Å². The molecule has 1 aromatic rings. The Morgan fingerprint density at radius 1 is 1.61 bits per heavy atom. The Balaban J connectivity index is 2.85. The van der Waals surface area contributed by atoms with E-state index in [1.807, 2.05) is 6.07 Å². The summed E-state index contributed by atoms with van der Waals surface area (Å²) in [6.45, 7) is -0.0535. The van der Waals surface area contributed by atoms with E-state index >= 15 is 0 Å². The van der Waals surface area contributed by atoms with E-state index < -0.39 is 0 Å². The summed E-state index contributed by atoms with van der Waals surface area (Å²) in [5.41, 5.74) is 8.42. The Kier molecular flexibility index (Phi) is 5.41. The van der Waals surface area contributed by atoms with Crippen molar-refractivity contribution in [2.75, 3.05) is 13.7 Å². The van der Waals surface area contributed by atoms with E-state index in [0.29, 0.717) is 11.5 Å². The van der Waals surface area contributed by atoms with Gasteiger partial charge >= 0.3 is 0 Å². The molecule has 0 amide bonds. The molecule has 0 saturated heterocycles. The highest BCUT2D eigenvalue weighted by atomic mass is 32.1. The average Bonchev–Trinajstić information content (AvgIpc) is 2.36. The van der Waals surface area contributed by atoms with Crippen LogP contribution in [0.3, 0.4) is 0 Å². The standard InChI is InChI=1S/C11H12N4O2S/c1-16-9-3-2-8(7-14-15-11(13)18)6-10(9)17-5-4-12/h2-3,6-7H,5H2,1H3,(H3,13,15,18)/b14-7-. The normalized spacial score (nSPS) is 9.78. The monoisotopic (exact) mass is 264 g/mol. The number of hydrogen-bond donors (Lipinski definition) is 2. The molecule has 0 radical (unpaired) electrons. The van der Waals surface area contributed by atoms with Crippen LogP contribution in [0, 0.1) is 11.3 Å². The van der Waals surface area contributed by atoms with E-state index in [1.54, 1.807) is 18.2 Å². The molecule has 0 spiro atoms. The SMILES string of the molecule is COc1ccc(/C=N\NC(N)=S)cc1OCC#N. The first kappa shape index (κ1) is 13.7. The smallest absolute Gasteiger partial charge is 0.184 e. The minimum Gasteiger partial charge on any atom is -0.493 e. The quantitative estimate of drug-likeness (QED) is 0.463. The molecule has 94 valence electrons. The topological polar surface area (TPSA) is 92.7 Å². The maximum Gasteiger partial charge on any atom is 0.184 e. The molecule has 0 aliphatic carbocycles. The number of benzene rings is 1. The van der Waals surface area contributed by atoms with E-state index in [2.05, 4.69) is 22.7 Å². The summed E-state index contributed by atoms with van der Waals surface area (Å²) >= 11 is 4.61. The van der Waals surface area contributed by atoms with Gasteiger partial charge in [0.1, 0.15) is 6.07 Å². The highest BCUT2D eigenvalue weighted by molar-refractivity contribution is 7.80. The summed E-state index contributed by atoms with van der Waals surface area (Å²) in [4.78, 5) is 0. The Bertz CT molecular complexity index is 496. The molecule has 18 heavy (non-hydrogen) atoms. The molecule has 1 aromatic carbocycles. The van der Waals surface area contributed by atoms with E-state index in [1.165, 1.54) is 13.3 Å². The lowest BCUT2D eigenvalue weighted by Crippen LogP contribution is -2.23. The van der Waals surface area contributed by atoms with Crippen molar-refractivity contribution in [3.63, 3.8) is 0 Å². The van der Waals surface area contributed by atoms with Gasteiger partial charge < -0.3 is 15.2 Å². The second-order valence-corrected chi connectivity index (χ2v) is 3.53. The number of nitrogens with one attached hydrogen (secondary N) is 1. The maximum atomic E-state index is 8.48. The maximum absolute atomic E-state index is 8.48. The first-order valence-corrected chi connectivity index (χ1v) is 5.34. The van der Waals surface area contributed by atoms with Gasteiger partial charge in [0.15, 0.2) is 23.2 Å². The van der Waals surface area contributed by atoms with Gasteiger partial charge in [0, 0.05) is 0 Å². The third-order valence-electron chi connectivity index (χ3n) is 1.87. The number of rotatable bonds is 5. The number of ether oxygens (including phenoxy) is 2. The first-order chi connectivity index (χ1) is 8.67. The molecular weight excluding hydrogens is 252 g/mol. The number of hydrogen-bond acceptors (Lipinski definition) is 5. The van der Waals surface area contributed by atoms with Gasteiger partial charge in [-0.15, -0.1) is 0 Å². The van der Waals surface area contributed by atoms with Crippen molar-refractivity contribution >= 4 is 23.5 Å². The third kappa shape index (κ3) is 4.27. The number of thiocarbonyl (C=S) groups is 1. The summed E-state index contributed by atoms with van der Waals surface area (Å²) < 4.78 is 10.3. The molecule has 3 N–H and O–H groups in total. The predicted octanol–water partition coefficient (Wildman–Crippen LogP) is 0.765. The van der Waals surface area contributed by atoms with Gasteiger partial charge in [0.05, 0.1) is 13.3 Å². The van der Waals surface area contributed by atoms with Crippen LogP contribution in [0.25, 0.3) is 0 Å². The second-order valence-electron chi connectivity index (χ2n) is 3.09. The van der Waals surface area contributed by atoms with Crippen LogP contribution in [0.1, 0.15) is 5.56 Å². The van der Waals surface area contributed by atoms with Crippen LogP contribution in [0.4, 0.5) is 0 Å². The van der Waals surface area contributed by atoms with E-state index in [9.17, 15) is 0 Å². The molecule has 7 heteroatoms. The lowest BCUT2D eigenvalue weighted by Gasteiger charge is -2.08. The van der Waals surface area contributed by atoms with Crippen molar-refractivity contribution < 1.29 is 9.47 Å². The largest absolute Gasteiger partial charge is 0.493 e. The highest BCUT2D eigenvalue weighted by Gasteiger charge is 2.04. The van der Waals surface area contributed by atoms with Crippen LogP contribution in [0.15, 0.2) is 23.3 Å². The van der Waals surface area contributed by atoms with Crippen LogP contribution in [-0.4, -0.2) is 25.0 Å². The average molecular weight is 264 g/mol. The van der Waals surface area contributed by atoms with Crippen molar-refractivity contribution in [2.45, 2.75) is 0 Å². The molecule has 0 aliphatic heterocycles. The Hall–Kier alpha value is -2.33. The summed E-state index contributed by atoms with van der Waals surface area (Å²) in [6, 6.07) is 7.08. The fourth-order valence-corrected chi connectivity index (χ4v) is 1.22. The zero-order valence-corrected chi connectivity index (χ0v) is 10.5. The van der Waals surface area contributed by atoms with Crippen molar-refractivity contribution in [1.29, 1.82) is 5.26 Å². The Morgan fingerprint density at radius 2 is 2.39 bits per heavy atom. The van der Waals surface area contributed by atoms with Crippen LogP contribution in [0.5, 0.6) is 11.5 Å². The minimum absolute atomic E-state index is 0.0535. The molecule has 0 aliphatic rings. The Labute approximate surface area is 110 Å². The van der Waals surface area contributed by atoms with Crippen molar-refractivity contribution in [3.05, 3.63) is 23.8 Å². The summed E-state index contributed by atoms with van der Waals surface area (Å²) in [5.74, 6) is 1.02. The van der Waals surface area contributed by atoms with Gasteiger partial charge in [0.2, 0.25) is 0 Å². The zero-order valence-electron chi connectivity index (χ0n) is 9.71. The van der Waals surface area contributed by atoms with Crippen molar-refractivity contribution in [2.24, 2.45) is 10.8 Å². The lowest BCUT2D eigenvalue weighted by molar-refractivity contribution is 0.329. The number of hydrazone groups is 1. The van der Waals surface area contributed by atoms with Crippen molar-refractivity contribution in [1.82, 2.24) is 5.43 Å². The van der Waals surface area contributed by atoms with Crippen molar-refractivity contribution in [3.8, 4) is 17.6 Å². The molecule has 1 rings (SSSR count). The van der Waals surface area contributed by atoms with Gasteiger partial charge in [-0.25, -0.2) is 0 Å². The summed E-state index contributed by atoms with van der Waals surface area (Å²) in [6.07, 6.45) is 1.53. The number of nitriles is 1. The molecule has 0 bridgehead atoms. The summed E-state index contributed by atoms with van der Waals surface area (Å²) in [5, 5.41) is 12.4. The number of nitrogens with zero attached hydrogens (tertiary/aromatic N) is 2. The predicted molar refractivity (Wildman–Crippen MR) is 71.6 cm³/mol. The molecule has 0 unspecified atom stereocenters. The number of methoxy groups -OCH3 is 1. The van der Waals surface area contributed by atoms with E-state index in [-0.39, 0.29) is 11.7 Å². The molecule has 0 heterocycles. The van der Waals surface area contributed by atoms with Gasteiger partial charge in [-0.1, -0.05) is 0 Å². The first-order valence-electron chi connectivity index (χ1n) is 4.93. The highest BCUT2D eigenvalue weighted by Crippen LogP contribution is 2.27. The van der Waals surface area contributed by atoms with Gasteiger partial charge in [-0.05, 0) is 36.0 Å². The summed E-state index contributed by atoms with van der Waals surface area (Å²) in [7, 11) is 1.52. The van der Waals surface area contributed by atoms with Gasteiger partial charge in [-0.3, -0.25) is 5.43 Å². The number of nitrogens with two attached hydrogens (primary N) is 1. The Morgan fingerprint density at radius 3 is 3.00 bits per heavy atom. The molecule has 0 saturated carbocycles. The molecule has 6 nitrogen and oxygen atoms in total. The van der Waals surface area contributed by atoms with Gasteiger partial charge in [0.25, 0.3) is 0 Å². The van der Waals surface area contributed by atoms with Crippen LogP contribution < -0.4 is 20.6 Å². The van der Waals surface area contributed by atoms with Crippen LogP contribution in [0.2, 0.25) is 0 Å². The van der Waals surface area contributed by atoms with E-state index in [4.69, 9.17) is 20.5 Å². The molecular formula is C11H12N4O2S. The van der Waals surface area contributed by atoms with Crippen LogP contribution >= 0.6 is 12.2 Å².